The lowest BCUT2D eigenvalue weighted by Crippen LogP contribution is -2.08. The van der Waals surface area contributed by atoms with Gasteiger partial charge in [0.15, 0.2) is 0 Å². The fourth-order valence-corrected chi connectivity index (χ4v) is 1.37. The molecule has 0 spiro atoms. The second-order valence-corrected chi connectivity index (χ2v) is 3.63. The van der Waals surface area contributed by atoms with Crippen molar-refractivity contribution in [3.8, 4) is 0 Å². The summed E-state index contributed by atoms with van der Waals surface area (Å²) >= 11 is 3.14. The number of rotatable bonds is 3. The summed E-state index contributed by atoms with van der Waals surface area (Å²) in [6.07, 6.45) is -0.0209. The van der Waals surface area contributed by atoms with Gasteiger partial charge in [-0.25, -0.2) is 4.39 Å². The van der Waals surface area contributed by atoms with Crippen molar-refractivity contribution in [2.24, 2.45) is 0 Å². The Labute approximate surface area is 90.2 Å². The van der Waals surface area contributed by atoms with Gasteiger partial charge in [-0.15, -0.1) is 0 Å². The van der Waals surface area contributed by atoms with Gasteiger partial charge in [-0.1, -0.05) is 22.0 Å². The number of carbonyl (C=O) groups is 1. The second kappa shape index (κ2) is 5.10. The van der Waals surface area contributed by atoms with Gasteiger partial charge in [-0.05, 0) is 24.6 Å². The first-order valence-electron chi connectivity index (χ1n) is 4.23. The zero-order valence-electron chi connectivity index (χ0n) is 7.72. The zero-order valence-corrected chi connectivity index (χ0v) is 9.30. The van der Waals surface area contributed by atoms with Gasteiger partial charge in [0.1, 0.15) is 5.82 Å². The fraction of sp³-hybridized carbons (Fsp3) is 0.300. The van der Waals surface area contributed by atoms with Crippen LogP contribution in [0.4, 0.5) is 4.39 Å². The van der Waals surface area contributed by atoms with Crippen LogP contribution in [0.25, 0.3) is 0 Å². The highest BCUT2D eigenvalue weighted by Crippen LogP contribution is 2.15. The van der Waals surface area contributed by atoms with E-state index in [1.807, 2.05) is 0 Å². The molecule has 0 aromatic heterocycles. The van der Waals surface area contributed by atoms with Gasteiger partial charge in [0, 0.05) is 4.47 Å². The molecule has 1 rings (SSSR count). The van der Waals surface area contributed by atoms with Gasteiger partial charge in [-0.3, -0.25) is 4.79 Å². The minimum absolute atomic E-state index is 0.0209. The van der Waals surface area contributed by atoms with Gasteiger partial charge >= 0.3 is 5.97 Å². The Bertz CT molecular complexity index is 339. The highest BCUT2D eigenvalue weighted by Gasteiger charge is 2.08. The zero-order chi connectivity index (χ0) is 10.6. The topological polar surface area (TPSA) is 26.3 Å². The summed E-state index contributed by atoms with van der Waals surface area (Å²) in [4.78, 5) is 11.0. The number of halogens is 2. The van der Waals surface area contributed by atoms with Crippen molar-refractivity contribution in [2.75, 3.05) is 6.61 Å². The van der Waals surface area contributed by atoms with Gasteiger partial charge in [0.05, 0.1) is 13.0 Å². The largest absolute Gasteiger partial charge is 0.466 e. The molecule has 0 aliphatic carbocycles. The summed E-state index contributed by atoms with van der Waals surface area (Å²) in [6, 6.07) is 4.59. The smallest absolute Gasteiger partial charge is 0.310 e. The van der Waals surface area contributed by atoms with E-state index in [1.165, 1.54) is 6.07 Å². The van der Waals surface area contributed by atoms with E-state index < -0.39 is 11.8 Å². The van der Waals surface area contributed by atoms with E-state index >= 15 is 0 Å². The molecule has 0 amide bonds. The number of benzene rings is 1. The van der Waals surface area contributed by atoms with Crippen LogP contribution in [0.15, 0.2) is 22.7 Å². The first-order valence-corrected chi connectivity index (χ1v) is 5.02. The van der Waals surface area contributed by atoms with Crippen molar-refractivity contribution in [3.05, 3.63) is 34.1 Å². The van der Waals surface area contributed by atoms with Crippen molar-refractivity contribution in [1.82, 2.24) is 0 Å². The molecule has 1 aromatic rings. The van der Waals surface area contributed by atoms with Crippen molar-refractivity contribution in [3.63, 3.8) is 0 Å². The molecule has 0 bridgehead atoms. The molecule has 0 N–H and O–H groups in total. The van der Waals surface area contributed by atoms with Crippen LogP contribution in [-0.2, 0) is 16.0 Å². The molecule has 1 aromatic carbocycles. The maximum absolute atomic E-state index is 13.2. The molecule has 0 saturated carbocycles. The van der Waals surface area contributed by atoms with Gasteiger partial charge in [-0.2, -0.15) is 0 Å². The molecule has 0 aliphatic heterocycles. The first-order chi connectivity index (χ1) is 6.63. The van der Waals surface area contributed by atoms with Crippen LogP contribution in [0.2, 0.25) is 0 Å². The van der Waals surface area contributed by atoms with Gasteiger partial charge in [0.2, 0.25) is 0 Å². The quantitative estimate of drug-likeness (QED) is 0.782. The highest BCUT2D eigenvalue weighted by atomic mass is 79.9. The molecule has 0 unspecified atom stereocenters. The minimum atomic E-state index is -0.409. The van der Waals surface area contributed by atoms with E-state index in [9.17, 15) is 9.18 Å². The molecule has 0 saturated heterocycles. The maximum Gasteiger partial charge on any atom is 0.310 e. The Morgan fingerprint density at radius 1 is 1.57 bits per heavy atom. The average molecular weight is 261 g/mol. The SMILES string of the molecule is CCOC(=O)Cc1ccc(Br)cc1F. The lowest BCUT2D eigenvalue weighted by molar-refractivity contribution is -0.142. The third-order valence-electron chi connectivity index (χ3n) is 1.66. The Hall–Kier alpha value is -0.900. The average Bonchev–Trinajstić information content (AvgIpc) is 2.10. The van der Waals surface area contributed by atoms with Crippen molar-refractivity contribution < 1.29 is 13.9 Å². The number of carbonyl (C=O) groups excluding carboxylic acids is 1. The van der Waals surface area contributed by atoms with E-state index in [2.05, 4.69) is 15.9 Å². The summed E-state index contributed by atoms with van der Waals surface area (Å²) in [5.74, 6) is -0.804. The number of esters is 1. The van der Waals surface area contributed by atoms with Crippen LogP contribution < -0.4 is 0 Å². The molecular formula is C10H10BrFO2. The van der Waals surface area contributed by atoms with Crippen LogP contribution in [-0.4, -0.2) is 12.6 Å². The molecular weight excluding hydrogens is 251 g/mol. The fourth-order valence-electron chi connectivity index (χ4n) is 1.03. The predicted octanol–water partition coefficient (Wildman–Crippen LogP) is 2.69. The molecule has 2 nitrogen and oxygen atoms in total. The maximum atomic E-state index is 13.2. The third kappa shape index (κ3) is 3.10. The molecule has 4 heteroatoms. The Morgan fingerprint density at radius 3 is 2.86 bits per heavy atom. The third-order valence-corrected chi connectivity index (χ3v) is 2.15. The highest BCUT2D eigenvalue weighted by molar-refractivity contribution is 9.10. The number of hydrogen-bond acceptors (Lipinski definition) is 2. The minimum Gasteiger partial charge on any atom is -0.466 e. The predicted molar refractivity (Wildman–Crippen MR) is 54.4 cm³/mol. The standard InChI is InChI=1S/C10H10BrFO2/c1-2-14-10(13)5-7-3-4-8(11)6-9(7)12/h3-4,6H,2,5H2,1H3. The Kier molecular flexibility index (Phi) is 4.07. The molecule has 76 valence electrons. The summed E-state index contributed by atoms with van der Waals surface area (Å²) < 4.78 is 18.6. The van der Waals surface area contributed by atoms with Crippen LogP contribution in [0, 0.1) is 5.82 Å². The monoisotopic (exact) mass is 260 g/mol. The summed E-state index contributed by atoms with van der Waals surface area (Å²) in [6.45, 7) is 2.03. The molecule has 0 heterocycles. The number of ether oxygens (including phenoxy) is 1. The van der Waals surface area contributed by atoms with Gasteiger partial charge in [0.25, 0.3) is 0 Å². The molecule has 14 heavy (non-hydrogen) atoms. The molecule has 0 aliphatic rings. The van der Waals surface area contributed by atoms with Crippen LogP contribution in [0.5, 0.6) is 0 Å². The Morgan fingerprint density at radius 2 is 2.29 bits per heavy atom. The number of hydrogen-bond donors (Lipinski definition) is 0. The van der Waals surface area contributed by atoms with Gasteiger partial charge < -0.3 is 4.74 Å². The van der Waals surface area contributed by atoms with Crippen molar-refractivity contribution in [2.45, 2.75) is 13.3 Å². The van der Waals surface area contributed by atoms with E-state index in [-0.39, 0.29) is 6.42 Å². The van der Waals surface area contributed by atoms with E-state index in [0.717, 1.165) is 0 Å². The second-order valence-electron chi connectivity index (χ2n) is 2.72. The summed E-state index contributed by atoms with van der Waals surface area (Å²) in [7, 11) is 0. The normalized spacial score (nSPS) is 9.93. The van der Waals surface area contributed by atoms with E-state index in [4.69, 9.17) is 4.74 Å². The lowest BCUT2D eigenvalue weighted by Gasteiger charge is -2.03. The molecule has 0 atom stereocenters. The van der Waals surface area contributed by atoms with Crippen LogP contribution >= 0.6 is 15.9 Å². The molecule has 0 radical (unpaired) electrons. The van der Waals surface area contributed by atoms with Crippen LogP contribution in [0.3, 0.4) is 0 Å². The van der Waals surface area contributed by atoms with E-state index in [1.54, 1.807) is 19.1 Å². The van der Waals surface area contributed by atoms with E-state index in [0.29, 0.717) is 16.6 Å². The molecule has 0 fully saturated rings. The van der Waals surface area contributed by atoms with Crippen LogP contribution in [0.1, 0.15) is 12.5 Å². The first kappa shape index (κ1) is 11.2. The Balaban J connectivity index is 2.72. The van der Waals surface area contributed by atoms with Crippen molar-refractivity contribution in [1.29, 1.82) is 0 Å². The van der Waals surface area contributed by atoms with Crippen molar-refractivity contribution >= 4 is 21.9 Å². The summed E-state index contributed by atoms with van der Waals surface area (Å²) in [5, 5.41) is 0. The lowest BCUT2D eigenvalue weighted by atomic mass is 10.1. The summed E-state index contributed by atoms with van der Waals surface area (Å²) in [5.41, 5.74) is 0.353.